The fourth-order valence-electron chi connectivity index (χ4n) is 6.48. The molecular formula is C25H20F2N4O. The van der Waals surface area contributed by atoms with Crippen molar-refractivity contribution in [1.29, 1.82) is 10.5 Å². The predicted octanol–water partition coefficient (Wildman–Crippen LogP) is 3.19. The first-order valence-corrected chi connectivity index (χ1v) is 10.9. The lowest BCUT2D eigenvalue weighted by atomic mass is 9.87. The average molecular weight is 430 g/mol. The Balaban J connectivity index is 1.14. The number of hydrogen-bond donors (Lipinski definition) is 2. The Morgan fingerprint density at radius 3 is 2.44 bits per heavy atom. The second kappa shape index (κ2) is 6.37. The Bertz CT molecular complexity index is 1250. The molecule has 0 unspecified atom stereocenters. The zero-order chi connectivity index (χ0) is 22.3. The van der Waals surface area contributed by atoms with Crippen LogP contribution in [0.15, 0.2) is 36.4 Å². The summed E-state index contributed by atoms with van der Waals surface area (Å²) < 4.78 is 28.7. The molecule has 3 aliphatic carbocycles. The van der Waals surface area contributed by atoms with E-state index in [1.54, 1.807) is 24.3 Å². The molecule has 0 spiro atoms. The molecule has 2 aromatic rings. The molecule has 32 heavy (non-hydrogen) atoms. The Kier molecular flexibility index (Phi) is 3.86. The Morgan fingerprint density at radius 2 is 1.84 bits per heavy atom. The average Bonchev–Trinajstić information content (AvgIpc) is 3.52. The number of nitriles is 2. The van der Waals surface area contributed by atoms with Crippen LogP contribution in [0.2, 0.25) is 0 Å². The van der Waals surface area contributed by atoms with Gasteiger partial charge < -0.3 is 10.6 Å². The first-order valence-electron chi connectivity index (χ1n) is 10.9. The van der Waals surface area contributed by atoms with E-state index in [9.17, 15) is 18.8 Å². The van der Waals surface area contributed by atoms with Gasteiger partial charge in [0.25, 0.3) is 0 Å². The molecule has 3 saturated carbocycles. The third-order valence-corrected chi connectivity index (χ3v) is 8.31. The highest BCUT2D eigenvalue weighted by Gasteiger charge is 2.93. The van der Waals surface area contributed by atoms with Gasteiger partial charge >= 0.3 is 0 Å². The second-order valence-corrected chi connectivity index (χ2v) is 9.71. The van der Waals surface area contributed by atoms with Gasteiger partial charge in [-0.15, -0.1) is 0 Å². The third kappa shape index (κ3) is 2.52. The van der Waals surface area contributed by atoms with Crippen molar-refractivity contribution >= 4 is 5.91 Å². The van der Waals surface area contributed by atoms with Crippen LogP contribution < -0.4 is 10.6 Å². The van der Waals surface area contributed by atoms with Crippen LogP contribution in [0.5, 0.6) is 0 Å². The lowest BCUT2D eigenvalue weighted by Gasteiger charge is -2.23. The van der Waals surface area contributed by atoms with Crippen LogP contribution in [0.25, 0.3) is 11.1 Å². The summed E-state index contributed by atoms with van der Waals surface area (Å²) in [7, 11) is 0. The van der Waals surface area contributed by atoms with Crippen LogP contribution in [0.3, 0.4) is 0 Å². The van der Waals surface area contributed by atoms with Crippen molar-refractivity contribution in [3.63, 3.8) is 0 Å². The minimum Gasteiger partial charge on any atom is -0.339 e. The minimum absolute atomic E-state index is 0.0476. The number of rotatable bonds is 5. The molecule has 2 N–H and O–H groups in total. The summed E-state index contributed by atoms with van der Waals surface area (Å²) in [5.74, 6) is -1.00. The Hall–Kier alpha value is -3.29. The number of fused-ring (bicyclic) bond motifs is 2. The van der Waals surface area contributed by atoms with Crippen molar-refractivity contribution < 1.29 is 13.6 Å². The normalized spacial score (nSPS) is 33.4. The van der Waals surface area contributed by atoms with E-state index in [4.69, 9.17) is 5.26 Å². The van der Waals surface area contributed by atoms with Gasteiger partial charge in [-0.3, -0.25) is 4.79 Å². The lowest BCUT2D eigenvalue weighted by molar-refractivity contribution is -0.124. The number of halogens is 2. The van der Waals surface area contributed by atoms with Gasteiger partial charge in [0, 0.05) is 12.5 Å². The molecule has 0 radical (unpaired) electrons. The predicted molar refractivity (Wildman–Crippen MR) is 111 cm³/mol. The van der Waals surface area contributed by atoms with Crippen LogP contribution >= 0.6 is 0 Å². The van der Waals surface area contributed by atoms with Gasteiger partial charge in [0.05, 0.1) is 17.7 Å². The Morgan fingerprint density at radius 1 is 1.12 bits per heavy atom. The first-order chi connectivity index (χ1) is 15.4. The van der Waals surface area contributed by atoms with Gasteiger partial charge in [-0.2, -0.15) is 10.5 Å². The SMILES string of the molecule is N#Cc1ccc(-c2ccc(C[C@@H](C#N)NC(=O)[C@H]3N[C@H]4C[C@@H]3C35CC43C5)c(F)c2)cc1F. The molecule has 1 heterocycles. The summed E-state index contributed by atoms with van der Waals surface area (Å²) in [5.41, 5.74) is 2.02. The number of nitrogens with one attached hydrogen (secondary N) is 2. The van der Waals surface area contributed by atoms with Crippen molar-refractivity contribution in [3.8, 4) is 23.3 Å². The second-order valence-electron chi connectivity index (χ2n) is 9.71. The summed E-state index contributed by atoms with van der Waals surface area (Å²) >= 11 is 0. The highest BCUT2D eigenvalue weighted by atomic mass is 19.1. The fourth-order valence-corrected chi connectivity index (χ4v) is 6.48. The van der Waals surface area contributed by atoms with Crippen LogP contribution in [0.1, 0.15) is 30.4 Å². The molecule has 5 nitrogen and oxygen atoms in total. The van der Waals surface area contributed by atoms with Gasteiger partial charge in [0.2, 0.25) is 5.91 Å². The molecule has 7 heteroatoms. The molecule has 4 aliphatic rings. The smallest absolute Gasteiger partial charge is 0.238 e. The number of nitrogens with zero attached hydrogens (tertiary/aromatic N) is 2. The summed E-state index contributed by atoms with van der Waals surface area (Å²) in [4.78, 5) is 12.8. The quantitative estimate of drug-likeness (QED) is 0.763. The molecule has 1 amide bonds. The summed E-state index contributed by atoms with van der Waals surface area (Å²) in [5, 5.41) is 24.7. The van der Waals surface area contributed by atoms with Crippen molar-refractivity contribution in [3.05, 3.63) is 59.2 Å². The molecule has 2 aromatic carbocycles. The lowest BCUT2D eigenvalue weighted by Crippen LogP contribution is -2.51. The number of carbonyl (C=O) groups excluding carboxylic acids is 1. The maximum atomic E-state index is 14.8. The minimum atomic E-state index is -0.836. The van der Waals surface area contributed by atoms with Crippen molar-refractivity contribution in [2.75, 3.05) is 0 Å². The molecule has 4 fully saturated rings. The van der Waals surface area contributed by atoms with E-state index in [1.165, 1.54) is 31.0 Å². The molecule has 1 saturated heterocycles. The van der Waals surface area contributed by atoms with Crippen LogP contribution in [-0.2, 0) is 11.2 Å². The molecule has 0 aromatic heterocycles. The van der Waals surface area contributed by atoms with Crippen LogP contribution in [0, 0.1) is 51.0 Å². The standard InChI is InChI=1S/C25H20F2N4O/c26-19-6-13(14-2-4-16(9-28)20(27)7-14)1-3-15(19)5-17(10-29)30-23(32)22-18-8-21(31-22)25-11-24(18,25)12-25/h1-4,6-7,17-18,21-22,31H,5,8,11-12H2,(H,30,32)/t17-,18-,21-,22-,24?,25?/m0/s1. The topological polar surface area (TPSA) is 88.7 Å². The fraction of sp³-hybridized carbons (Fsp3) is 0.400. The van der Waals surface area contributed by atoms with Crippen molar-refractivity contribution in [2.24, 2.45) is 16.7 Å². The monoisotopic (exact) mass is 430 g/mol. The highest BCUT2D eigenvalue weighted by Crippen LogP contribution is 2.96. The summed E-state index contributed by atoms with van der Waals surface area (Å²) in [6.45, 7) is 0. The summed E-state index contributed by atoms with van der Waals surface area (Å²) in [6.07, 6.45) is 3.55. The largest absolute Gasteiger partial charge is 0.339 e. The molecule has 4 atom stereocenters. The third-order valence-electron chi connectivity index (χ3n) is 8.31. The van der Waals surface area contributed by atoms with Crippen molar-refractivity contribution in [2.45, 2.75) is 43.8 Å². The van der Waals surface area contributed by atoms with E-state index >= 15 is 0 Å². The zero-order valence-electron chi connectivity index (χ0n) is 17.2. The Labute approximate surface area is 184 Å². The van der Waals surface area contributed by atoms with Gasteiger partial charge in [-0.05, 0) is 70.9 Å². The van der Waals surface area contributed by atoms with Gasteiger partial charge in [-0.25, -0.2) is 8.78 Å². The molecule has 1 aliphatic heterocycles. The number of benzene rings is 2. The molecule has 6 rings (SSSR count). The molecule has 2 bridgehead atoms. The van der Waals surface area contributed by atoms with E-state index in [2.05, 4.69) is 16.7 Å². The van der Waals surface area contributed by atoms with E-state index in [0.717, 1.165) is 6.42 Å². The summed E-state index contributed by atoms with van der Waals surface area (Å²) in [6, 6.07) is 11.8. The van der Waals surface area contributed by atoms with E-state index in [0.29, 0.717) is 39.5 Å². The number of carbonyl (C=O) groups is 1. The van der Waals surface area contributed by atoms with Crippen LogP contribution in [0.4, 0.5) is 8.78 Å². The van der Waals surface area contributed by atoms with Gasteiger partial charge in [0.1, 0.15) is 23.7 Å². The zero-order valence-corrected chi connectivity index (χ0v) is 17.2. The van der Waals surface area contributed by atoms with Crippen LogP contribution in [-0.4, -0.2) is 24.0 Å². The first kappa shape index (κ1) is 19.4. The van der Waals surface area contributed by atoms with Crippen molar-refractivity contribution in [1.82, 2.24) is 10.6 Å². The molecule has 160 valence electrons. The maximum absolute atomic E-state index is 14.8. The maximum Gasteiger partial charge on any atom is 0.238 e. The number of amides is 1. The van der Waals surface area contributed by atoms with Gasteiger partial charge in [-0.1, -0.05) is 18.2 Å². The number of hydrogen-bond acceptors (Lipinski definition) is 4. The van der Waals surface area contributed by atoms with E-state index < -0.39 is 17.7 Å². The van der Waals surface area contributed by atoms with Gasteiger partial charge in [0.15, 0.2) is 0 Å². The highest BCUT2D eigenvalue weighted by molar-refractivity contribution is 5.84. The molecular weight excluding hydrogens is 410 g/mol. The van der Waals surface area contributed by atoms with E-state index in [-0.39, 0.29) is 23.9 Å². The number of piperidine rings is 1. The van der Waals surface area contributed by atoms with E-state index in [1.807, 2.05) is 0 Å².